The van der Waals surface area contributed by atoms with Crippen molar-refractivity contribution in [2.24, 2.45) is 0 Å². The number of pyridine rings is 1. The Hall–Kier alpha value is -1.43. The third kappa shape index (κ3) is 2.87. The summed E-state index contributed by atoms with van der Waals surface area (Å²) in [6, 6.07) is 1.41. The van der Waals surface area contributed by atoms with Gasteiger partial charge in [0.05, 0.1) is 5.75 Å². The van der Waals surface area contributed by atoms with Crippen molar-refractivity contribution in [1.82, 2.24) is 4.98 Å². The molecule has 0 aliphatic heterocycles. The zero-order valence-electron chi connectivity index (χ0n) is 10.9. The summed E-state index contributed by atoms with van der Waals surface area (Å²) in [5.74, 6) is -1.48. The molecule has 0 amide bonds. The molecular weight excluding hydrogens is 254 g/mol. The average molecular weight is 271 g/mol. The van der Waals surface area contributed by atoms with Crippen LogP contribution in [0.5, 0.6) is 0 Å². The molecule has 1 heterocycles. The third-order valence-electron chi connectivity index (χ3n) is 2.64. The third-order valence-corrected chi connectivity index (χ3v) is 4.38. The molecule has 1 aromatic rings. The molecule has 0 aromatic carbocycles. The Morgan fingerprint density at radius 2 is 1.94 bits per heavy atom. The van der Waals surface area contributed by atoms with E-state index >= 15 is 0 Å². The number of carboxylic acids is 1. The van der Waals surface area contributed by atoms with E-state index < -0.39 is 21.5 Å². The molecule has 100 valence electrons. The molecule has 0 aliphatic rings. The minimum absolute atomic E-state index is 0.150. The summed E-state index contributed by atoms with van der Waals surface area (Å²) in [6.07, 6.45) is 1.41. The lowest BCUT2D eigenvalue weighted by Crippen LogP contribution is -2.18. The molecule has 0 spiro atoms. The molecule has 0 aliphatic carbocycles. The van der Waals surface area contributed by atoms with Crippen molar-refractivity contribution in [3.8, 4) is 0 Å². The lowest BCUT2D eigenvalue weighted by molar-refractivity contribution is 0.0685. The maximum absolute atomic E-state index is 11.9. The van der Waals surface area contributed by atoms with Gasteiger partial charge >= 0.3 is 5.97 Å². The fraction of sp³-hybridized carbons (Fsp3) is 0.500. The van der Waals surface area contributed by atoms with Gasteiger partial charge in [0.25, 0.3) is 0 Å². The number of hydrogen-bond acceptors (Lipinski definition) is 4. The summed E-state index contributed by atoms with van der Waals surface area (Å²) in [4.78, 5) is 14.6. The Kier molecular flexibility index (Phi) is 3.81. The fourth-order valence-electron chi connectivity index (χ4n) is 1.41. The van der Waals surface area contributed by atoms with Gasteiger partial charge in [-0.3, -0.25) is 0 Å². The van der Waals surface area contributed by atoms with Gasteiger partial charge in [-0.2, -0.15) is 0 Å². The first-order chi connectivity index (χ1) is 8.09. The number of aromatic carboxylic acids is 1. The van der Waals surface area contributed by atoms with Crippen LogP contribution in [0, 0.1) is 0 Å². The predicted molar refractivity (Wildman–Crippen MR) is 67.6 cm³/mol. The largest absolute Gasteiger partial charge is 0.476 e. The van der Waals surface area contributed by atoms with Crippen LogP contribution in [0.15, 0.2) is 17.2 Å². The summed E-state index contributed by atoms with van der Waals surface area (Å²) in [7, 11) is -3.60. The number of aromatic nitrogens is 1. The van der Waals surface area contributed by atoms with Crippen molar-refractivity contribution in [2.45, 2.75) is 38.0 Å². The molecule has 1 aromatic heterocycles. The van der Waals surface area contributed by atoms with Crippen LogP contribution in [0.25, 0.3) is 0 Å². The molecule has 0 saturated heterocycles. The van der Waals surface area contributed by atoms with Crippen LogP contribution < -0.4 is 0 Å². The summed E-state index contributed by atoms with van der Waals surface area (Å²) >= 11 is 0. The quantitative estimate of drug-likeness (QED) is 0.907. The number of nitrogens with zero attached hydrogens (tertiary/aromatic N) is 1. The molecule has 1 rings (SSSR count). The minimum atomic E-state index is -3.60. The van der Waals surface area contributed by atoms with Crippen LogP contribution in [0.1, 0.15) is 43.7 Å². The molecular formula is C12H17NO4S. The van der Waals surface area contributed by atoms with E-state index in [0.29, 0.717) is 5.56 Å². The van der Waals surface area contributed by atoms with Gasteiger partial charge in [-0.1, -0.05) is 27.7 Å². The zero-order chi connectivity index (χ0) is 14.1. The summed E-state index contributed by atoms with van der Waals surface area (Å²) in [6.45, 7) is 7.21. The molecule has 5 nitrogen and oxygen atoms in total. The van der Waals surface area contributed by atoms with Crippen molar-refractivity contribution < 1.29 is 18.3 Å². The summed E-state index contributed by atoms with van der Waals surface area (Å²) < 4.78 is 23.8. The number of rotatable bonds is 3. The Balaban J connectivity index is 3.59. The normalized spacial score (nSPS) is 12.4. The van der Waals surface area contributed by atoms with Crippen LogP contribution in [0.2, 0.25) is 0 Å². The zero-order valence-corrected chi connectivity index (χ0v) is 11.7. The van der Waals surface area contributed by atoms with Crippen molar-refractivity contribution in [1.29, 1.82) is 0 Å². The highest BCUT2D eigenvalue weighted by Gasteiger charge is 2.25. The average Bonchev–Trinajstić information content (AvgIpc) is 2.27. The van der Waals surface area contributed by atoms with E-state index in [2.05, 4.69) is 4.98 Å². The summed E-state index contributed by atoms with van der Waals surface area (Å²) in [5, 5.41) is 8.99. The first-order valence-corrected chi connectivity index (χ1v) is 7.21. The Morgan fingerprint density at radius 1 is 1.39 bits per heavy atom. The maximum atomic E-state index is 11.9. The SMILES string of the molecule is CCS(=O)(=O)c1cc(C(C)(C)C)cnc1C(=O)O. The number of hydrogen-bond donors (Lipinski definition) is 1. The van der Waals surface area contributed by atoms with Gasteiger partial charge in [-0.25, -0.2) is 18.2 Å². The van der Waals surface area contributed by atoms with Gasteiger partial charge in [0.1, 0.15) is 4.90 Å². The second-order valence-electron chi connectivity index (χ2n) is 5.03. The summed E-state index contributed by atoms with van der Waals surface area (Å²) in [5.41, 5.74) is -0.00781. The smallest absolute Gasteiger partial charge is 0.355 e. The van der Waals surface area contributed by atoms with E-state index in [1.807, 2.05) is 20.8 Å². The topological polar surface area (TPSA) is 84.3 Å². The number of carboxylic acid groups (broad SMARTS) is 1. The molecule has 0 bridgehead atoms. The fourth-order valence-corrected chi connectivity index (χ4v) is 2.46. The van der Waals surface area contributed by atoms with Crippen molar-refractivity contribution in [2.75, 3.05) is 5.75 Å². The number of carbonyl (C=O) groups is 1. The van der Waals surface area contributed by atoms with Crippen molar-refractivity contribution in [3.63, 3.8) is 0 Å². The van der Waals surface area contributed by atoms with Crippen LogP contribution in [0.4, 0.5) is 0 Å². The van der Waals surface area contributed by atoms with Gasteiger partial charge in [-0.05, 0) is 17.0 Å². The molecule has 1 N–H and O–H groups in total. The first-order valence-electron chi connectivity index (χ1n) is 5.56. The molecule has 0 saturated carbocycles. The van der Waals surface area contributed by atoms with Crippen LogP contribution in [0.3, 0.4) is 0 Å². The van der Waals surface area contributed by atoms with Gasteiger partial charge in [0, 0.05) is 6.20 Å². The van der Waals surface area contributed by atoms with E-state index in [9.17, 15) is 13.2 Å². The highest BCUT2D eigenvalue weighted by Crippen LogP contribution is 2.26. The molecule has 0 unspecified atom stereocenters. The van der Waals surface area contributed by atoms with E-state index in [4.69, 9.17) is 5.11 Å². The predicted octanol–water partition coefficient (Wildman–Crippen LogP) is 1.87. The molecule has 18 heavy (non-hydrogen) atoms. The monoisotopic (exact) mass is 271 g/mol. The van der Waals surface area contributed by atoms with Gasteiger partial charge in [-0.15, -0.1) is 0 Å². The maximum Gasteiger partial charge on any atom is 0.355 e. The van der Waals surface area contributed by atoms with Crippen LogP contribution >= 0.6 is 0 Å². The molecule has 0 fully saturated rings. The van der Waals surface area contributed by atoms with Crippen LogP contribution in [-0.4, -0.2) is 30.2 Å². The standard InChI is InChI=1S/C12H17NO4S/c1-5-18(16,17)9-6-8(12(2,3)4)7-13-10(9)11(14)15/h6-7H,5H2,1-4H3,(H,14,15). The highest BCUT2D eigenvalue weighted by molar-refractivity contribution is 7.91. The Morgan fingerprint density at radius 3 is 2.33 bits per heavy atom. The van der Waals surface area contributed by atoms with E-state index in [-0.39, 0.29) is 16.1 Å². The molecule has 6 heteroatoms. The second kappa shape index (κ2) is 4.68. The first kappa shape index (κ1) is 14.6. The van der Waals surface area contributed by atoms with Gasteiger partial charge in [0.15, 0.2) is 15.5 Å². The van der Waals surface area contributed by atoms with Crippen molar-refractivity contribution in [3.05, 3.63) is 23.5 Å². The van der Waals surface area contributed by atoms with E-state index in [1.165, 1.54) is 19.2 Å². The number of sulfone groups is 1. The molecule has 0 radical (unpaired) electrons. The van der Waals surface area contributed by atoms with Crippen LogP contribution in [-0.2, 0) is 15.3 Å². The minimum Gasteiger partial charge on any atom is -0.476 e. The van der Waals surface area contributed by atoms with E-state index in [0.717, 1.165) is 0 Å². The second-order valence-corrected chi connectivity index (χ2v) is 7.28. The lowest BCUT2D eigenvalue weighted by atomic mass is 9.88. The van der Waals surface area contributed by atoms with Gasteiger partial charge in [0.2, 0.25) is 0 Å². The highest BCUT2D eigenvalue weighted by atomic mass is 32.2. The lowest BCUT2D eigenvalue weighted by Gasteiger charge is -2.19. The Bertz CT molecular complexity index is 570. The van der Waals surface area contributed by atoms with E-state index in [1.54, 1.807) is 0 Å². The van der Waals surface area contributed by atoms with Crippen molar-refractivity contribution >= 4 is 15.8 Å². The van der Waals surface area contributed by atoms with Gasteiger partial charge < -0.3 is 5.11 Å². The Labute approximate surface area is 107 Å². The molecule has 0 atom stereocenters.